The third-order valence-electron chi connectivity index (χ3n) is 4.99. The van der Waals surface area contributed by atoms with Crippen molar-refractivity contribution in [2.24, 2.45) is 0 Å². The second kappa shape index (κ2) is 6.26. The van der Waals surface area contributed by atoms with Gasteiger partial charge >= 0.3 is 0 Å². The van der Waals surface area contributed by atoms with Crippen LogP contribution in [0.15, 0.2) is 53.6 Å². The van der Waals surface area contributed by atoms with Crippen LogP contribution < -0.4 is 10.5 Å². The van der Waals surface area contributed by atoms with Crippen LogP contribution in [0.3, 0.4) is 0 Å². The number of aromatic nitrogens is 6. The minimum atomic E-state index is -0.0894. The third kappa shape index (κ3) is 2.74. The van der Waals surface area contributed by atoms with Crippen molar-refractivity contribution in [2.75, 3.05) is 18.0 Å². The Balaban J connectivity index is 1.44. The van der Waals surface area contributed by atoms with Crippen molar-refractivity contribution in [1.82, 2.24) is 29.4 Å². The molecule has 8 heteroatoms. The molecule has 1 aliphatic heterocycles. The van der Waals surface area contributed by atoms with Gasteiger partial charge in [0.2, 0.25) is 0 Å². The molecule has 0 N–H and O–H groups in total. The summed E-state index contributed by atoms with van der Waals surface area (Å²) in [6.45, 7) is 5.34. The van der Waals surface area contributed by atoms with Gasteiger partial charge in [0.05, 0.1) is 17.4 Å². The summed E-state index contributed by atoms with van der Waals surface area (Å²) >= 11 is 0. The Labute approximate surface area is 161 Å². The van der Waals surface area contributed by atoms with E-state index in [0.717, 1.165) is 34.1 Å². The number of anilines is 1. The molecular weight excluding hydrogens is 354 g/mol. The molecule has 0 saturated carbocycles. The zero-order valence-electron chi connectivity index (χ0n) is 15.6. The second-order valence-electron chi connectivity index (χ2n) is 7.11. The Morgan fingerprint density at radius 1 is 0.964 bits per heavy atom. The van der Waals surface area contributed by atoms with Gasteiger partial charge in [-0.25, -0.2) is 9.67 Å². The van der Waals surface area contributed by atoms with E-state index in [-0.39, 0.29) is 11.6 Å². The van der Waals surface area contributed by atoms with Crippen LogP contribution in [0, 0.1) is 13.8 Å². The molecule has 1 aliphatic rings. The molecule has 4 aromatic rings. The Morgan fingerprint density at radius 2 is 1.75 bits per heavy atom. The minimum Gasteiger partial charge on any atom is -0.352 e. The summed E-state index contributed by atoms with van der Waals surface area (Å²) in [4.78, 5) is 23.2. The molecule has 5 heterocycles. The third-order valence-corrected chi connectivity index (χ3v) is 4.99. The lowest BCUT2D eigenvalue weighted by Gasteiger charge is -2.40. The van der Waals surface area contributed by atoms with E-state index in [1.807, 2.05) is 42.6 Å². The van der Waals surface area contributed by atoms with E-state index in [1.165, 1.54) is 0 Å². The topological polar surface area (TPSA) is 81.2 Å². The fourth-order valence-electron chi connectivity index (χ4n) is 3.58. The molecule has 0 radical (unpaired) electrons. The van der Waals surface area contributed by atoms with Crippen molar-refractivity contribution in [2.45, 2.75) is 19.9 Å². The predicted molar refractivity (Wildman–Crippen MR) is 105 cm³/mol. The molecule has 0 atom stereocenters. The molecule has 0 spiro atoms. The van der Waals surface area contributed by atoms with Crippen LogP contribution in [0.2, 0.25) is 0 Å². The standard InChI is InChI=1S/C20H19N7O/c1-13-10-19(27-18(22-13)9-14(2)23-27)25-11-16(12-25)26-20(28)4-3-17(24-26)15-5-7-21-8-6-15/h3-10,16H,11-12H2,1-2H3. The molecule has 8 nitrogen and oxygen atoms in total. The Hall–Kier alpha value is -3.55. The highest BCUT2D eigenvalue weighted by molar-refractivity contribution is 5.57. The first-order valence-corrected chi connectivity index (χ1v) is 9.18. The first-order valence-electron chi connectivity index (χ1n) is 9.18. The Bertz CT molecular complexity index is 1220. The summed E-state index contributed by atoms with van der Waals surface area (Å²) in [5.41, 5.74) is 4.34. The fraction of sp³-hybridized carbons (Fsp3) is 0.250. The van der Waals surface area contributed by atoms with Gasteiger partial charge in [0, 0.05) is 54.9 Å². The monoisotopic (exact) mass is 373 g/mol. The predicted octanol–water partition coefficient (Wildman–Crippen LogP) is 2.03. The molecule has 4 aromatic heterocycles. The van der Waals surface area contributed by atoms with E-state index in [1.54, 1.807) is 29.2 Å². The van der Waals surface area contributed by atoms with Crippen LogP contribution in [-0.4, -0.2) is 42.5 Å². The molecule has 0 amide bonds. The van der Waals surface area contributed by atoms with Gasteiger partial charge in [0.1, 0.15) is 5.82 Å². The Kier molecular flexibility index (Phi) is 3.71. The van der Waals surface area contributed by atoms with Gasteiger partial charge in [-0.1, -0.05) is 0 Å². The second-order valence-corrected chi connectivity index (χ2v) is 7.11. The van der Waals surface area contributed by atoms with E-state index in [9.17, 15) is 4.79 Å². The molecule has 1 saturated heterocycles. The van der Waals surface area contributed by atoms with E-state index >= 15 is 0 Å². The maximum atomic E-state index is 12.4. The van der Waals surface area contributed by atoms with Gasteiger partial charge in [-0.3, -0.25) is 9.78 Å². The lowest BCUT2D eigenvalue weighted by molar-refractivity contribution is 0.351. The average molecular weight is 373 g/mol. The van der Waals surface area contributed by atoms with E-state index < -0.39 is 0 Å². The number of hydrogen-bond donors (Lipinski definition) is 0. The van der Waals surface area contributed by atoms with Crippen molar-refractivity contribution in [3.63, 3.8) is 0 Å². The van der Waals surface area contributed by atoms with Crippen LogP contribution >= 0.6 is 0 Å². The lowest BCUT2D eigenvalue weighted by atomic mass is 10.1. The largest absolute Gasteiger partial charge is 0.352 e. The van der Waals surface area contributed by atoms with Crippen LogP contribution in [0.4, 0.5) is 5.82 Å². The molecule has 0 aliphatic carbocycles. The summed E-state index contributed by atoms with van der Waals surface area (Å²) in [7, 11) is 0. The van der Waals surface area contributed by atoms with Gasteiger partial charge < -0.3 is 4.90 Å². The molecule has 0 bridgehead atoms. The summed E-state index contributed by atoms with van der Waals surface area (Å²) in [6, 6.07) is 11.1. The first-order chi connectivity index (χ1) is 13.6. The SMILES string of the molecule is Cc1cc(N2CC(n3nc(-c4ccncc4)ccc3=O)C2)n2nc(C)cc2n1. The van der Waals surface area contributed by atoms with Gasteiger partial charge in [-0.15, -0.1) is 0 Å². The highest BCUT2D eigenvalue weighted by Gasteiger charge is 2.32. The highest BCUT2D eigenvalue weighted by Crippen LogP contribution is 2.28. The zero-order valence-corrected chi connectivity index (χ0v) is 15.6. The number of hydrogen-bond acceptors (Lipinski definition) is 6. The quantitative estimate of drug-likeness (QED) is 0.547. The number of nitrogens with zero attached hydrogens (tertiary/aromatic N) is 7. The minimum absolute atomic E-state index is 0.0227. The van der Waals surface area contributed by atoms with E-state index in [2.05, 4.69) is 25.1 Å². The number of fused-ring (bicyclic) bond motifs is 1. The maximum absolute atomic E-state index is 12.4. The number of rotatable bonds is 3. The van der Waals surface area contributed by atoms with Crippen LogP contribution in [0.1, 0.15) is 17.4 Å². The molecule has 140 valence electrons. The lowest BCUT2D eigenvalue weighted by Crippen LogP contribution is -2.51. The van der Waals surface area contributed by atoms with Crippen LogP contribution in [0.5, 0.6) is 0 Å². The zero-order chi connectivity index (χ0) is 19.3. The van der Waals surface area contributed by atoms with Crippen molar-refractivity contribution in [3.05, 3.63) is 70.5 Å². The fourth-order valence-corrected chi connectivity index (χ4v) is 3.58. The summed E-state index contributed by atoms with van der Waals surface area (Å²) in [5, 5.41) is 9.14. The molecule has 0 aromatic carbocycles. The summed E-state index contributed by atoms with van der Waals surface area (Å²) < 4.78 is 3.45. The molecule has 5 rings (SSSR count). The first kappa shape index (κ1) is 16.6. The smallest absolute Gasteiger partial charge is 0.267 e. The Morgan fingerprint density at radius 3 is 2.54 bits per heavy atom. The van der Waals surface area contributed by atoms with Gasteiger partial charge in [-0.05, 0) is 32.0 Å². The van der Waals surface area contributed by atoms with Crippen LogP contribution in [0.25, 0.3) is 16.9 Å². The van der Waals surface area contributed by atoms with Crippen LogP contribution in [-0.2, 0) is 0 Å². The van der Waals surface area contributed by atoms with Gasteiger partial charge in [0.15, 0.2) is 5.65 Å². The summed E-state index contributed by atoms with van der Waals surface area (Å²) in [5.74, 6) is 0.991. The van der Waals surface area contributed by atoms with Crippen molar-refractivity contribution in [1.29, 1.82) is 0 Å². The number of aryl methyl sites for hydroxylation is 2. The van der Waals surface area contributed by atoms with E-state index in [4.69, 9.17) is 0 Å². The number of pyridine rings is 1. The van der Waals surface area contributed by atoms with Crippen molar-refractivity contribution >= 4 is 11.5 Å². The molecule has 1 fully saturated rings. The molecule has 0 unspecified atom stereocenters. The van der Waals surface area contributed by atoms with E-state index in [0.29, 0.717) is 13.1 Å². The van der Waals surface area contributed by atoms with Gasteiger partial charge in [0.25, 0.3) is 5.56 Å². The summed E-state index contributed by atoms with van der Waals surface area (Å²) in [6.07, 6.45) is 3.45. The molecular formula is C20H19N7O. The normalized spacial score (nSPS) is 14.4. The molecule has 28 heavy (non-hydrogen) atoms. The maximum Gasteiger partial charge on any atom is 0.267 e. The van der Waals surface area contributed by atoms with Crippen molar-refractivity contribution < 1.29 is 0 Å². The van der Waals surface area contributed by atoms with Gasteiger partial charge in [-0.2, -0.15) is 14.7 Å². The highest BCUT2D eigenvalue weighted by atomic mass is 16.1. The average Bonchev–Trinajstić information content (AvgIpc) is 3.02. The van der Waals surface area contributed by atoms with Crippen molar-refractivity contribution in [3.8, 4) is 11.3 Å².